The van der Waals surface area contributed by atoms with Gasteiger partial charge in [0.15, 0.2) is 5.76 Å². The molecule has 0 saturated carbocycles. The minimum absolute atomic E-state index is 0.0104. The zero-order chi connectivity index (χ0) is 17.3. The lowest BCUT2D eigenvalue weighted by Gasteiger charge is -2.11. The van der Waals surface area contributed by atoms with E-state index in [9.17, 15) is 9.90 Å². The van der Waals surface area contributed by atoms with E-state index in [-0.39, 0.29) is 28.2 Å². The molecule has 0 radical (unpaired) electrons. The summed E-state index contributed by atoms with van der Waals surface area (Å²) in [5.41, 5.74) is 0.361. The molecule has 124 valence electrons. The van der Waals surface area contributed by atoms with Crippen LogP contribution in [-0.2, 0) is 0 Å². The Bertz CT molecular complexity index is 958. The maximum absolute atomic E-state index is 12.7. The van der Waals surface area contributed by atoms with Gasteiger partial charge in [0, 0.05) is 17.7 Å². The van der Waals surface area contributed by atoms with Crippen LogP contribution in [0, 0.1) is 0 Å². The van der Waals surface area contributed by atoms with Gasteiger partial charge in [-0.1, -0.05) is 12.1 Å². The summed E-state index contributed by atoms with van der Waals surface area (Å²) >= 11 is 0. The number of benzene rings is 2. The van der Waals surface area contributed by atoms with E-state index in [4.69, 9.17) is 18.6 Å². The van der Waals surface area contributed by atoms with E-state index in [0.29, 0.717) is 17.1 Å². The standard InChI is InChI=1S/C18H16O6/c1-21-11-6-4-5-10(7-11)17-18(23-3)16(20)15-13(19)8-12(22-2)9-14(15)24-17/h4-9,19H,1-3H3. The van der Waals surface area contributed by atoms with E-state index in [1.165, 1.54) is 20.3 Å². The summed E-state index contributed by atoms with van der Waals surface area (Å²) in [6, 6.07) is 9.95. The highest BCUT2D eigenvalue weighted by Gasteiger charge is 2.20. The number of ether oxygens (including phenoxy) is 3. The van der Waals surface area contributed by atoms with E-state index < -0.39 is 5.43 Å². The van der Waals surface area contributed by atoms with Crippen molar-refractivity contribution in [1.29, 1.82) is 0 Å². The van der Waals surface area contributed by atoms with Crippen LogP contribution >= 0.6 is 0 Å². The fourth-order valence-corrected chi connectivity index (χ4v) is 2.52. The first-order valence-electron chi connectivity index (χ1n) is 7.15. The second-order valence-electron chi connectivity index (χ2n) is 5.05. The summed E-state index contributed by atoms with van der Waals surface area (Å²) in [5, 5.41) is 10.2. The maximum Gasteiger partial charge on any atom is 0.239 e. The summed E-state index contributed by atoms with van der Waals surface area (Å²) in [6.45, 7) is 0. The van der Waals surface area contributed by atoms with Gasteiger partial charge in [-0.3, -0.25) is 4.79 Å². The van der Waals surface area contributed by atoms with Crippen molar-refractivity contribution in [3.05, 3.63) is 46.6 Å². The van der Waals surface area contributed by atoms with Crippen LogP contribution in [0.3, 0.4) is 0 Å². The van der Waals surface area contributed by atoms with E-state index in [1.807, 2.05) is 0 Å². The number of hydrogen-bond donors (Lipinski definition) is 1. The van der Waals surface area contributed by atoms with Crippen molar-refractivity contribution < 1.29 is 23.7 Å². The zero-order valence-electron chi connectivity index (χ0n) is 13.5. The molecule has 24 heavy (non-hydrogen) atoms. The predicted octanol–water partition coefficient (Wildman–Crippen LogP) is 3.19. The monoisotopic (exact) mass is 328 g/mol. The molecule has 0 aliphatic heterocycles. The van der Waals surface area contributed by atoms with Crippen molar-refractivity contribution in [1.82, 2.24) is 0 Å². The maximum atomic E-state index is 12.7. The Morgan fingerprint density at radius 2 is 1.71 bits per heavy atom. The number of methoxy groups -OCH3 is 3. The Morgan fingerprint density at radius 1 is 0.958 bits per heavy atom. The number of fused-ring (bicyclic) bond motifs is 1. The number of phenols is 1. The average Bonchev–Trinajstić information content (AvgIpc) is 2.60. The Hall–Kier alpha value is -3.15. The van der Waals surface area contributed by atoms with E-state index in [1.54, 1.807) is 37.4 Å². The van der Waals surface area contributed by atoms with Crippen molar-refractivity contribution in [2.24, 2.45) is 0 Å². The lowest BCUT2D eigenvalue weighted by Crippen LogP contribution is -2.08. The molecule has 6 nitrogen and oxygen atoms in total. The van der Waals surface area contributed by atoms with Gasteiger partial charge in [-0.05, 0) is 12.1 Å². The van der Waals surface area contributed by atoms with Crippen molar-refractivity contribution in [2.75, 3.05) is 21.3 Å². The first-order valence-corrected chi connectivity index (χ1v) is 7.15. The number of hydrogen-bond acceptors (Lipinski definition) is 6. The van der Waals surface area contributed by atoms with Crippen LogP contribution in [0.25, 0.3) is 22.3 Å². The van der Waals surface area contributed by atoms with Gasteiger partial charge in [0.2, 0.25) is 11.2 Å². The van der Waals surface area contributed by atoms with Crippen LogP contribution in [0.1, 0.15) is 0 Å². The molecule has 0 fully saturated rings. The zero-order valence-corrected chi connectivity index (χ0v) is 13.5. The summed E-state index contributed by atoms with van der Waals surface area (Å²) < 4.78 is 21.4. The Balaban J connectivity index is 2.37. The van der Waals surface area contributed by atoms with Crippen molar-refractivity contribution in [3.63, 3.8) is 0 Å². The first kappa shape index (κ1) is 15.7. The Morgan fingerprint density at radius 3 is 2.38 bits per heavy atom. The third kappa shape index (κ3) is 2.52. The molecule has 0 unspecified atom stereocenters. The molecule has 0 spiro atoms. The smallest absolute Gasteiger partial charge is 0.239 e. The molecule has 2 aromatic carbocycles. The van der Waals surface area contributed by atoms with Gasteiger partial charge < -0.3 is 23.7 Å². The fraction of sp³-hybridized carbons (Fsp3) is 0.167. The topological polar surface area (TPSA) is 78.1 Å². The van der Waals surface area contributed by atoms with Crippen LogP contribution in [0.4, 0.5) is 0 Å². The lowest BCUT2D eigenvalue weighted by molar-refractivity contribution is 0.394. The summed E-state index contributed by atoms with van der Waals surface area (Å²) in [6.07, 6.45) is 0. The van der Waals surface area contributed by atoms with E-state index >= 15 is 0 Å². The highest BCUT2D eigenvalue weighted by atomic mass is 16.5. The second kappa shape index (κ2) is 6.16. The molecule has 0 aliphatic rings. The van der Waals surface area contributed by atoms with Crippen molar-refractivity contribution in [3.8, 4) is 34.3 Å². The van der Waals surface area contributed by atoms with Crippen LogP contribution in [0.15, 0.2) is 45.6 Å². The number of rotatable bonds is 4. The minimum atomic E-state index is -0.461. The minimum Gasteiger partial charge on any atom is -0.507 e. The number of aromatic hydroxyl groups is 1. The van der Waals surface area contributed by atoms with Gasteiger partial charge in [0.25, 0.3) is 0 Å². The van der Waals surface area contributed by atoms with Crippen molar-refractivity contribution in [2.45, 2.75) is 0 Å². The summed E-state index contributed by atoms with van der Waals surface area (Å²) in [4.78, 5) is 12.7. The van der Waals surface area contributed by atoms with Gasteiger partial charge in [-0.2, -0.15) is 0 Å². The summed E-state index contributed by atoms with van der Waals surface area (Å²) in [5.74, 6) is 1.03. The molecule has 6 heteroatoms. The molecule has 3 aromatic rings. The van der Waals surface area contributed by atoms with E-state index in [0.717, 1.165) is 0 Å². The normalized spacial score (nSPS) is 10.6. The molecule has 1 N–H and O–H groups in total. The van der Waals surface area contributed by atoms with Crippen LogP contribution < -0.4 is 19.6 Å². The molecule has 0 bridgehead atoms. The SMILES string of the molecule is COc1cccc(-c2oc3cc(OC)cc(O)c3c(=O)c2OC)c1. The molecular weight excluding hydrogens is 312 g/mol. The van der Waals surface area contributed by atoms with Crippen molar-refractivity contribution >= 4 is 11.0 Å². The average molecular weight is 328 g/mol. The molecule has 0 atom stereocenters. The molecular formula is C18H16O6. The first-order chi connectivity index (χ1) is 11.6. The third-order valence-electron chi connectivity index (χ3n) is 3.68. The Labute approximate surface area is 137 Å². The fourth-order valence-electron chi connectivity index (χ4n) is 2.52. The Kier molecular flexibility index (Phi) is 4.04. The molecule has 0 amide bonds. The predicted molar refractivity (Wildman–Crippen MR) is 89.2 cm³/mol. The van der Waals surface area contributed by atoms with Crippen LogP contribution in [0.5, 0.6) is 23.0 Å². The van der Waals surface area contributed by atoms with Crippen LogP contribution in [0.2, 0.25) is 0 Å². The quantitative estimate of drug-likeness (QED) is 0.792. The summed E-state index contributed by atoms with van der Waals surface area (Å²) in [7, 11) is 4.39. The molecule has 1 aromatic heterocycles. The number of phenolic OH excluding ortho intramolecular Hbond substituents is 1. The molecule has 0 saturated heterocycles. The van der Waals surface area contributed by atoms with Gasteiger partial charge in [0.05, 0.1) is 21.3 Å². The van der Waals surface area contributed by atoms with Crippen LogP contribution in [-0.4, -0.2) is 26.4 Å². The highest BCUT2D eigenvalue weighted by molar-refractivity contribution is 5.88. The van der Waals surface area contributed by atoms with Gasteiger partial charge in [-0.15, -0.1) is 0 Å². The van der Waals surface area contributed by atoms with Gasteiger partial charge in [0.1, 0.15) is 28.2 Å². The van der Waals surface area contributed by atoms with Gasteiger partial charge in [-0.25, -0.2) is 0 Å². The van der Waals surface area contributed by atoms with E-state index in [2.05, 4.69) is 0 Å². The largest absolute Gasteiger partial charge is 0.507 e. The lowest BCUT2D eigenvalue weighted by atomic mass is 10.1. The molecule has 1 heterocycles. The molecule has 3 rings (SSSR count). The highest BCUT2D eigenvalue weighted by Crippen LogP contribution is 2.36. The third-order valence-corrected chi connectivity index (χ3v) is 3.68. The second-order valence-corrected chi connectivity index (χ2v) is 5.05. The van der Waals surface area contributed by atoms with Gasteiger partial charge >= 0.3 is 0 Å². The molecule has 0 aliphatic carbocycles.